The predicted octanol–water partition coefficient (Wildman–Crippen LogP) is 2.81. The van der Waals surface area contributed by atoms with Gasteiger partial charge in [0.1, 0.15) is 6.61 Å². The zero-order valence-electron chi connectivity index (χ0n) is 14.6. The summed E-state index contributed by atoms with van der Waals surface area (Å²) < 4.78 is 5.43. The Morgan fingerprint density at radius 3 is 2.65 bits per heavy atom. The fourth-order valence-electron chi connectivity index (χ4n) is 4.06. The van der Waals surface area contributed by atoms with E-state index in [4.69, 9.17) is 4.74 Å². The summed E-state index contributed by atoms with van der Waals surface area (Å²) in [4.78, 5) is 16.4. The number of nitriles is 1. The molecule has 2 aromatic carbocycles. The summed E-state index contributed by atoms with van der Waals surface area (Å²) in [5.74, 6) is 0. The van der Waals surface area contributed by atoms with Crippen molar-refractivity contribution in [1.29, 1.82) is 5.26 Å². The first-order valence-corrected chi connectivity index (χ1v) is 8.89. The molecule has 1 atom stereocenters. The Kier molecular flexibility index (Phi) is 4.36. The molecule has 4 rings (SSSR count). The molecule has 5 nitrogen and oxygen atoms in total. The molecule has 2 heterocycles. The number of hydrogen-bond donors (Lipinski definition) is 0. The van der Waals surface area contributed by atoms with E-state index < -0.39 is 0 Å². The quantitative estimate of drug-likeness (QED) is 0.853. The first kappa shape index (κ1) is 16.6. The number of fused-ring (bicyclic) bond motifs is 1. The summed E-state index contributed by atoms with van der Waals surface area (Å²) in [6.07, 6.45) is 0.564. The molecule has 0 aliphatic carbocycles. The average Bonchev–Trinajstić information content (AvgIpc) is 2.99. The highest BCUT2D eigenvalue weighted by molar-refractivity contribution is 5.71. The highest BCUT2D eigenvalue weighted by Crippen LogP contribution is 2.33. The van der Waals surface area contributed by atoms with Gasteiger partial charge in [-0.15, -0.1) is 0 Å². The number of ether oxygens (including phenoxy) is 1. The lowest BCUT2D eigenvalue weighted by molar-refractivity contribution is 0.0476. The number of cyclic esters (lactones) is 1. The van der Waals surface area contributed by atoms with Gasteiger partial charge in [-0.2, -0.15) is 5.26 Å². The van der Waals surface area contributed by atoms with E-state index >= 15 is 0 Å². The molecule has 0 radical (unpaired) electrons. The molecule has 2 aliphatic heterocycles. The van der Waals surface area contributed by atoms with Crippen LogP contribution in [-0.4, -0.2) is 47.7 Å². The van der Waals surface area contributed by atoms with Crippen molar-refractivity contribution in [1.82, 2.24) is 9.80 Å². The highest BCUT2D eigenvalue weighted by atomic mass is 16.6. The van der Waals surface area contributed by atoms with Crippen LogP contribution in [0, 0.1) is 11.3 Å². The van der Waals surface area contributed by atoms with E-state index in [1.165, 1.54) is 5.56 Å². The van der Waals surface area contributed by atoms with Gasteiger partial charge in [-0.25, -0.2) is 4.79 Å². The summed E-state index contributed by atoms with van der Waals surface area (Å²) in [5, 5.41) is 9.34. The first-order chi connectivity index (χ1) is 12.7. The summed E-state index contributed by atoms with van der Waals surface area (Å²) in [7, 11) is 0. The second kappa shape index (κ2) is 6.81. The van der Waals surface area contributed by atoms with E-state index in [0.29, 0.717) is 25.3 Å². The van der Waals surface area contributed by atoms with Crippen LogP contribution in [0.5, 0.6) is 0 Å². The number of piperazine rings is 1. The molecule has 0 N–H and O–H groups in total. The van der Waals surface area contributed by atoms with Gasteiger partial charge in [0.2, 0.25) is 0 Å². The molecule has 0 spiro atoms. The number of benzene rings is 2. The number of amides is 1. The fraction of sp³-hybridized carbons (Fsp3) is 0.333. The minimum atomic E-state index is -0.335. The summed E-state index contributed by atoms with van der Waals surface area (Å²) in [5.41, 5.74) is 2.61. The topological polar surface area (TPSA) is 56.6 Å². The van der Waals surface area contributed by atoms with Crippen molar-refractivity contribution in [3.63, 3.8) is 0 Å². The fourth-order valence-corrected chi connectivity index (χ4v) is 4.06. The van der Waals surface area contributed by atoms with Crippen LogP contribution in [0.25, 0.3) is 0 Å². The Labute approximate surface area is 153 Å². The zero-order valence-corrected chi connectivity index (χ0v) is 14.6. The molecule has 2 saturated heterocycles. The maximum atomic E-state index is 12.2. The Morgan fingerprint density at radius 2 is 1.85 bits per heavy atom. The van der Waals surface area contributed by atoms with Crippen LogP contribution >= 0.6 is 0 Å². The molecular weight excluding hydrogens is 326 g/mol. The molecule has 26 heavy (non-hydrogen) atoms. The Hall–Kier alpha value is -2.84. The molecule has 2 fully saturated rings. The van der Waals surface area contributed by atoms with Crippen LogP contribution in [0.1, 0.15) is 16.7 Å². The van der Waals surface area contributed by atoms with Gasteiger partial charge in [0.05, 0.1) is 17.2 Å². The molecule has 0 bridgehead atoms. The number of hydrogen-bond acceptors (Lipinski definition) is 4. The molecule has 0 saturated carbocycles. The van der Waals surface area contributed by atoms with Crippen LogP contribution in [-0.2, 0) is 17.7 Å². The highest BCUT2D eigenvalue weighted by Gasteiger charge is 2.50. The van der Waals surface area contributed by atoms with Crippen molar-refractivity contribution >= 4 is 6.09 Å². The van der Waals surface area contributed by atoms with Gasteiger partial charge in [0.25, 0.3) is 0 Å². The van der Waals surface area contributed by atoms with Crippen LogP contribution in [0.3, 0.4) is 0 Å². The van der Waals surface area contributed by atoms with Crippen LogP contribution < -0.4 is 0 Å². The van der Waals surface area contributed by atoms with Gasteiger partial charge >= 0.3 is 6.09 Å². The molecule has 132 valence electrons. The van der Waals surface area contributed by atoms with Crippen LogP contribution in [0.2, 0.25) is 0 Å². The molecule has 5 heteroatoms. The molecule has 0 aromatic heterocycles. The third-order valence-electron chi connectivity index (χ3n) is 5.32. The van der Waals surface area contributed by atoms with Gasteiger partial charge < -0.3 is 4.74 Å². The summed E-state index contributed by atoms with van der Waals surface area (Å²) in [6, 6.07) is 20.2. The van der Waals surface area contributed by atoms with E-state index in [-0.39, 0.29) is 11.6 Å². The lowest BCUT2D eigenvalue weighted by Gasteiger charge is -2.45. The standard InChI is InChI=1S/C21H21N3O2/c22-13-18-8-4-5-9-19(18)14-23-10-11-24-20(25)26-16-21(24,15-23)12-17-6-2-1-3-7-17/h1-9H,10-12,14-16H2. The number of carbonyl (C=O) groups is 1. The van der Waals surface area contributed by atoms with Gasteiger partial charge in [0.15, 0.2) is 0 Å². The Morgan fingerprint density at radius 1 is 1.08 bits per heavy atom. The maximum absolute atomic E-state index is 12.2. The number of nitrogens with zero attached hydrogens (tertiary/aromatic N) is 3. The maximum Gasteiger partial charge on any atom is 0.410 e. The minimum Gasteiger partial charge on any atom is -0.447 e. The third-order valence-corrected chi connectivity index (χ3v) is 5.32. The minimum absolute atomic E-state index is 0.210. The largest absolute Gasteiger partial charge is 0.447 e. The lowest BCUT2D eigenvalue weighted by atomic mass is 9.88. The first-order valence-electron chi connectivity index (χ1n) is 8.89. The van der Waals surface area contributed by atoms with E-state index in [1.54, 1.807) is 0 Å². The number of carbonyl (C=O) groups excluding carboxylic acids is 1. The van der Waals surface area contributed by atoms with Crippen molar-refractivity contribution in [3.05, 3.63) is 71.3 Å². The van der Waals surface area contributed by atoms with Gasteiger partial charge in [-0.3, -0.25) is 9.80 Å². The van der Waals surface area contributed by atoms with Gasteiger partial charge in [0, 0.05) is 32.6 Å². The monoisotopic (exact) mass is 347 g/mol. The summed E-state index contributed by atoms with van der Waals surface area (Å²) in [6.45, 7) is 3.30. The van der Waals surface area contributed by atoms with Crippen molar-refractivity contribution in [2.24, 2.45) is 0 Å². The third kappa shape index (κ3) is 3.04. The van der Waals surface area contributed by atoms with E-state index in [9.17, 15) is 10.1 Å². The Balaban J connectivity index is 1.57. The van der Waals surface area contributed by atoms with Crippen LogP contribution in [0.4, 0.5) is 4.79 Å². The smallest absolute Gasteiger partial charge is 0.410 e. The van der Waals surface area contributed by atoms with Crippen molar-refractivity contribution in [3.8, 4) is 6.07 Å². The van der Waals surface area contributed by atoms with Crippen molar-refractivity contribution in [2.75, 3.05) is 26.2 Å². The van der Waals surface area contributed by atoms with Crippen molar-refractivity contribution < 1.29 is 9.53 Å². The number of rotatable bonds is 4. The summed E-state index contributed by atoms with van der Waals surface area (Å²) >= 11 is 0. The molecular formula is C21H21N3O2. The predicted molar refractivity (Wildman–Crippen MR) is 97.4 cm³/mol. The average molecular weight is 347 g/mol. The normalized spacial score (nSPS) is 22.6. The van der Waals surface area contributed by atoms with E-state index in [2.05, 4.69) is 23.1 Å². The lowest BCUT2D eigenvalue weighted by Crippen LogP contribution is -2.62. The molecule has 2 aromatic rings. The van der Waals surface area contributed by atoms with Crippen LogP contribution in [0.15, 0.2) is 54.6 Å². The zero-order chi connectivity index (χ0) is 18.0. The van der Waals surface area contributed by atoms with E-state index in [0.717, 1.165) is 25.1 Å². The second-order valence-electron chi connectivity index (χ2n) is 7.07. The SMILES string of the molecule is N#Cc1ccccc1CN1CCN2C(=O)OCC2(Cc2ccccc2)C1. The van der Waals surface area contributed by atoms with Gasteiger partial charge in [-0.1, -0.05) is 48.5 Å². The molecule has 1 unspecified atom stereocenters. The molecule has 2 aliphatic rings. The second-order valence-corrected chi connectivity index (χ2v) is 7.07. The van der Waals surface area contributed by atoms with Crippen molar-refractivity contribution in [2.45, 2.75) is 18.5 Å². The van der Waals surface area contributed by atoms with E-state index in [1.807, 2.05) is 47.4 Å². The Bertz CT molecular complexity index is 846. The van der Waals surface area contributed by atoms with Gasteiger partial charge in [-0.05, 0) is 17.2 Å². The molecule has 1 amide bonds.